The maximum atomic E-state index is 12.3. The number of nitrogens with zero attached hydrogens (tertiary/aromatic N) is 1. The Morgan fingerprint density at radius 3 is 2.32 bits per heavy atom. The first kappa shape index (κ1) is 19.5. The molecular formula is C21H34N4O3. The topological polar surface area (TPSA) is 90.5 Å². The first-order valence-electron chi connectivity index (χ1n) is 11.1. The number of urea groups is 1. The summed E-state index contributed by atoms with van der Waals surface area (Å²) >= 11 is 0. The number of hydrogen-bond acceptors (Lipinski definition) is 3. The van der Waals surface area contributed by atoms with Crippen molar-refractivity contribution in [3.8, 4) is 0 Å². The normalized spacial score (nSPS) is 35.2. The van der Waals surface area contributed by atoms with E-state index in [2.05, 4.69) is 23.1 Å². The molecule has 156 valence electrons. The Balaban J connectivity index is 1.23. The molecule has 28 heavy (non-hydrogen) atoms. The molecular weight excluding hydrogens is 356 g/mol. The molecule has 0 aromatic carbocycles. The molecule has 0 spiro atoms. The third kappa shape index (κ3) is 4.13. The Morgan fingerprint density at radius 1 is 1.04 bits per heavy atom. The predicted octanol–water partition coefficient (Wildman–Crippen LogP) is 2.32. The Bertz CT molecular complexity index is 600. The molecule has 1 saturated heterocycles. The minimum atomic E-state index is -0.362. The van der Waals surface area contributed by atoms with E-state index in [0.717, 1.165) is 37.0 Å². The fourth-order valence-electron chi connectivity index (χ4n) is 6.64. The van der Waals surface area contributed by atoms with Crippen LogP contribution in [0.1, 0.15) is 71.1 Å². The molecule has 4 aliphatic carbocycles. The highest BCUT2D eigenvalue weighted by Gasteiger charge is 2.53. The Hall–Kier alpha value is -1.79. The average molecular weight is 391 g/mol. The molecule has 0 aromatic heterocycles. The van der Waals surface area contributed by atoms with Gasteiger partial charge in [-0.2, -0.15) is 0 Å². The van der Waals surface area contributed by atoms with Crippen LogP contribution in [0.15, 0.2) is 0 Å². The highest BCUT2D eigenvalue weighted by molar-refractivity contribution is 5.86. The quantitative estimate of drug-likeness (QED) is 0.644. The van der Waals surface area contributed by atoms with Gasteiger partial charge in [0.25, 0.3) is 5.91 Å². The van der Waals surface area contributed by atoms with Gasteiger partial charge in [0.1, 0.15) is 6.54 Å². The summed E-state index contributed by atoms with van der Waals surface area (Å²) in [6.07, 6.45) is 11.2. The molecule has 4 saturated carbocycles. The van der Waals surface area contributed by atoms with E-state index in [4.69, 9.17) is 0 Å². The van der Waals surface area contributed by atoms with E-state index in [1.54, 1.807) is 4.90 Å². The first-order valence-corrected chi connectivity index (χ1v) is 11.1. The van der Waals surface area contributed by atoms with Crippen LogP contribution < -0.4 is 16.2 Å². The van der Waals surface area contributed by atoms with Gasteiger partial charge in [-0.15, -0.1) is 0 Å². The standard InChI is InChI=1S/C21H34N4O3/c1-14(21-10-15-7-16(11-21)9-17(8-15)12-21)22-20(28)24-23-18(26)13-25-6-4-2-3-5-19(25)27/h14-17H,2-13H2,1H3,(H,23,26)(H2,22,24,28)/t14-,15?,16?,17?,21?/m1/s1. The van der Waals surface area contributed by atoms with Gasteiger partial charge in [0.05, 0.1) is 0 Å². The second kappa shape index (κ2) is 7.91. The lowest BCUT2D eigenvalue weighted by molar-refractivity contribution is -0.135. The van der Waals surface area contributed by atoms with Gasteiger partial charge in [0.15, 0.2) is 0 Å². The molecule has 1 aliphatic heterocycles. The molecule has 5 rings (SSSR count). The van der Waals surface area contributed by atoms with Crippen LogP contribution in [0.3, 0.4) is 0 Å². The molecule has 4 amide bonds. The van der Waals surface area contributed by atoms with E-state index in [1.807, 2.05) is 0 Å². The predicted molar refractivity (Wildman–Crippen MR) is 105 cm³/mol. The van der Waals surface area contributed by atoms with Crippen LogP contribution in [-0.4, -0.2) is 41.9 Å². The summed E-state index contributed by atoms with van der Waals surface area (Å²) in [4.78, 5) is 38.0. The van der Waals surface area contributed by atoms with Crippen molar-refractivity contribution < 1.29 is 14.4 Å². The molecule has 3 N–H and O–H groups in total. The van der Waals surface area contributed by atoms with Gasteiger partial charge in [0, 0.05) is 19.0 Å². The highest BCUT2D eigenvalue weighted by atomic mass is 16.2. The third-order valence-electron chi connectivity index (χ3n) is 7.67. The average Bonchev–Trinajstić information content (AvgIpc) is 2.83. The molecule has 5 fully saturated rings. The number of likely N-dealkylation sites (tertiary alicyclic amines) is 1. The highest BCUT2D eigenvalue weighted by Crippen LogP contribution is 2.61. The second-order valence-corrected chi connectivity index (χ2v) is 9.77. The fraction of sp³-hybridized carbons (Fsp3) is 0.857. The zero-order chi connectivity index (χ0) is 19.7. The smallest absolute Gasteiger partial charge is 0.333 e. The Labute approximate surface area is 167 Å². The van der Waals surface area contributed by atoms with Crippen LogP contribution in [-0.2, 0) is 9.59 Å². The van der Waals surface area contributed by atoms with Crippen LogP contribution in [0.25, 0.3) is 0 Å². The molecule has 4 bridgehead atoms. The fourth-order valence-corrected chi connectivity index (χ4v) is 6.64. The minimum Gasteiger partial charge on any atom is -0.334 e. The van der Waals surface area contributed by atoms with Crippen LogP contribution >= 0.6 is 0 Å². The minimum absolute atomic E-state index is 0.00362. The molecule has 7 nitrogen and oxygen atoms in total. The second-order valence-electron chi connectivity index (χ2n) is 9.77. The zero-order valence-electron chi connectivity index (χ0n) is 17.0. The van der Waals surface area contributed by atoms with Crippen molar-refractivity contribution in [1.29, 1.82) is 0 Å². The monoisotopic (exact) mass is 390 g/mol. The van der Waals surface area contributed by atoms with Gasteiger partial charge in [-0.1, -0.05) is 6.42 Å². The molecule has 0 unspecified atom stereocenters. The van der Waals surface area contributed by atoms with Gasteiger partial charge in [-0.05, 0) is 81.5 Å². The molecule has 1 atom stereocenters. The van der Waals surface area contributed by atoms with E-state index in [1.165, 1.54) is 38.5 Å². The number of nitrogens with one attached hydrogen (secondary N) is 3. The van der Waals surface area contributed by atoms with Crippen LogP contribution in [0, 0.1) is 23.2 Å². The van der Waals surface area contributed by atoms with E-state index >= 15 is 0 Å². The van der Waals surface area contributed by atoms with Gasteiger partial charge in [-0.25, -0.2) is 10.2 Å². The van der Waals surface area contributed by atoms with Gasteiger partial charge < -0.3 is 10.2 Å². The summed E-state index contributed by atoms with van der Waals surface area (Å²) < 4.78 is 0. The lowest BCUT2D eigenvalue weighted by Gasteiger charge is -2.59. The maximum absolute atomic E-state index is 12.3. The van der Waals surface area contributed by atoms with Crippen molar-refractivity contribution in [3.63, 3.8) is 0 Å². The van der Waals surface area contributed by atoms with Crippen molar-refractivity contribution in [1.82, 2.24) is 21.1 Å². The lowest BCUT2D eigenvalue weighted by atomic mass is 9.48. The molecule has 1 heterocycles. The summed E-state index contributed by atoms with van der Waals surface area (Å²) in [5, 5.41) is 3.07. The molecule has 0 aromatic rings. The summed E-state index contributed by atoms with van der Waals surface area (Å²) in [5.74, 6) is 2.18. The van der Waals surface area contributed by atoms with Gasteiger partial charge in [-0.3, -0.25) is 15.0 Å². The Morgan fingerprint density at radius 2 is 1.68 bits per heavy atom. The van der Waals surface area contributed by atoms with E-state index in [9.17, 15) is 14.4 Å². The zero-order valence-corrected chi connectivity index (χ0v) is 17.0. The van der Waals surface area contributed by atoms with Crippen LogP contribution in [0.2, 0.25) is 0 Å². The lowest BCUT2D eigenvalue weighted by Crippen LogP contribution is -2.59. The third-order valence-corrected chi connectivity index (χ3v) is 7.67. The van der Waals surface area contributed by atoms with E-state index < -0.39 is 0 Å². The van der Waals surface area contributed by atoms with Crippen LogP contribution in [0.4, 0.5) is 4.79 Å². The van der Waals surface area contributed by atoms with Crippen molar-refractivity contribution in [2.75, 3.05) is 13.1 Å². The van der Waals surface area contributed by atoms with E-state index in [-0.39, 0.29) is 35.8 Å². The first-order chi connectivity index (χ1) is 13.4. The number of hydrazine groups is 1. The summed E-state index contributed by atoms with van der Waals surface area (Å²) in [5.41, 5.74) is 5.16. The molecule has 0 radical (unpaired) electrons. The molecule has 7 heteroatoms. The van der Waals surface area contributed by atoms with Crippen molar-refractivity contribution in [3.05, 3.63) is 0 Å². The number of carbonyl (C=O) groups excluding carboxylic acids is 3. The SMILES string of the molecule is C[C@@H](NC(=O)NNC(=O)CN1CCCCCC1=O)C12CC3CC(CC(C3)C1)C2. The van der Waals surface area contributed by atoms with Crippen molar-refractivity contribution in [2.24, 2.45) is 23.2 Å². The maximum Gasteiger partial charge on any atom is 0.333 e. The largest absolute Gasteiger partial charge is 0.334 e. The Kier molecular flexibility index (Phi) is 5.52. The summed E-state index contributed by atoms with van der Waals surface area (Å²) in [7, 11) is 0. The number of rotatable bonds is 4. The number of hydrogen-bond donors (Lipinski definition) is 3. The number of carbonyl (C=O) groups is 3. The summed E-state index contributed by atoms with van der Waals surface area (Å²) in [6.45, 7) is 2.73. The summed E-state index contributed by atoms with van der Waals surface area (Å²) in [6, 6.07) is -0.260. The van der Waals surface area contributed by atoms with Crippen molar-refractivity contribution >= 4 is 17.8 Å². The molecule has 5 aliphatic rings. The van der Waals surface area contributed by atoms with E-state index in [0.29, 0.717) is 13.0 Å². The van der Waals surface area contributed by atoms with Gasteiger partial charge >= 0.3 is 6.03 Å². The van der Waals surface area contributed by atoms with Gasteiger partial charge in [0.2, 0.25) is 5.91 Å². The van der Waals surface area contributed by atoms with Crippen molar-refractivity contribution in [2.45, 2.75) is 77.2 Å². The number of amides is 4. The van der Waals surface area contributed by atoms with Crippen LogP contribution in [0.5, 0.6) is 0 Å².